The van der Waals surface area contributed by atoms with Gasteiger partial charge in [-0.3, -0.25) is 4.79 Å². The van der Waals surface area contributed by atoms with Crippen LogP contribution in [0.4, 0.5) is 27.5 Å². The van der Waals surface area contributed by atoms with Crippen molar-refractivity contribution in [1.82, 2.24) is 15.3 Å². The Hall–Kier alpha value is -2.61. The highest BCUT2D eigenvalue weighted by atomic mass is 35.5. The van der Waals surface area contributed by atoms with Crippen LogP contribution in [0.2, 0.25) is 5.02 Å². The molecule has 2 heterocycles. The van der Waals surface area contributed by atoms with Crippen molar-refractivity contribution in [2.45, 2.75) is 65.8 Å². The smallest absolute Gasteiger partial charge is 0.229 e. The molecule has 7 nitrogen and oxygen atoms in total. The minimum Gasteiger partial charge on any atom is -0.370 e. The first-order valence-electron chi connectivity index (χ1n) is 13.7. The van der Waals surface area contributed by atoms with Crippen LogP contribution < -0.4 is 20.9 Å². The molecule has 3 saturated carbocycles. The first-order chi connectivity index (χ1) is 17.8. The summed E-state index contributed by atoms with van der Waals surface area (Å²) >= 11 is 6.68. The lowest BCUT2D eigenvalue weighted by Gasteiger charge is -2.66. The number of carbonyl (C=O) groups is 1. The minimum absolute atomic E-state index is 0.0231. The van der Waals surface area contributed by atoms with Crippen molar-refractivity contribution in [2.75, 3.05) is 35.7 Å². The molecule has 4 aliphatic rings. The van der Waals surface area contributed by atoms with Gasteiger partial charge < -0.3 is 20.9 Å². The van der Waals surface area contributed by atoms with Crippen molar-refractivity contribution >= 4 is 40.6 Å². The van der Waals surface area contributed by atoms with Crippen LogP contribution in [0.3, 0.4) is 0 Å². The molecular weight excluding hydrogens is 503 g/mol. The first kappa shape index (κ1) is 27.0. The Morgan fingerprint density at radius 3 is 2.47 bits per heavy atom. The van der Waals surface area contributed by atoms with Crippen LogP contribution in [-0.2, 0) is 4.79 Å². The van der Waals surface area contributed by atoms with Gasteiger partial charge in [0.25, 0.3) is 0 Å². The van der Waals surface area contributed by atoms with Crippen molar-refractivity contribution in [2.24, 2.45) is 28.6 Å². The van der Waals surface area contributed by atoms with Gasteiger partial charge in [-0.1, -0.05) is 39.3 Å². The summed E-state index contributed by atoms with van der Waals surface area (Å²) < 4.78 is 15.0. The fourth-order valence-electron chi connectivity index (χ4n) is 7.03. The van der Waals surface area contributed by atoms with Gasteiger partial charge in [-0.15, -0.1) is 0 Å². The normalized spacial score (nSPS) is 29.3. The number of carbonyl (C=O) groups excluding carboxylic acids is 1. The predicted octanol–water partition coefficient (Wildman–Crippen LogP) is 6.24. The molecule has 1 aliphatic heterocycles. The van der Waals surface area contributed by atoms with E-state index >= 15 is 4.39 Å². The van der Waals surface area contributed by atoms with Crippen molar-refractivity contribution in [3.63, 3.8) is 0 Å². The first-order valence-corrected chi connectivity index (χ1v) is 14.1. The molecule has 206 valence electrons. The van der Waals surface area contributed by atoms with Crippen molar-refractivity contribution in [3.8, 4) is 0 Å². The maximum absolute atomic E-state index is 15.0. The molecule has 0 unspecified atom stereocenters. The van der Waals surface area contributed by atoms with Gasteiger partial charge in [-0.2, -0.15) is 4.98 Å². The van der Waals surface area contributed by atoms with Gasteiger partial charge in [0.2, 0.25) is 11.9 Å². The summed E-state index contributed by atoms with van der Waals surface area (Å²) in [6.45, 7) is 13.1. The third-order valence-corrected chi connectivity index (χ3v) is 10.1. The number of hydrogen-bond donors (Lipinski definition) is 3. The lowest BCUT2D eigenvalue weighted by molar-refractivity contribution is -0.155. The summed E-state index contributed by atoms with van der Waals surface area (Å²) in [5, 5.41) is 10.0. The van der Waals surface area contributed by atoms with Crippen molar-refractivity contribution in [3.05, 3.63) is 35.2 Å². The SMILES string of the molecule is CNC(=O)[C@H]1C[C@@H]2C[C@H](C2(C)C)[C@@]1(C)Nc1nc(Nc2ccc(N3CCC(C)(C)CC3)c(Cl)c2)ncc1F. The Labute approximate surface area is 230 Å². The van der Waals surface area contributed by atoms with Gasteiger partial charge in [0.15, 0.2) is 11.6 Å². The highest BCUT2D eigenvalue weighted by molar-refractivity contribution is 6.33. The molecule has 0 radical (unpaired) electrons. The monoisotopic (exact) mass is 542 g/mol. The van der Waals surface area contributed by atoms with Crippen LogP contribution >= 0.6 is 11.6 Å². The van der Waals surface area contributed by atoms with Crippen LogP contribution in [0.25, 0.3) is 0 Å². The zero-order valence-corrected chi connectivity index (χ0v) is 24.0. The zero-order valence-electron chi connectivity index (χ0n) is 23.3. The molecule has 1 amide bonds. The molecule has 6 rings (SSSR count). The average Bonchev–Trinajstić information content (AvgIpc) is 2.85. The van der Waals surface area contributed by atoms with Gasteiger partial charge in [0.05, 0.1) is 28.4 Å². The largest absolute Gasteiger partial charge is 0.370 e. The summed E-state index contributed by atoms with van der Waals surface area (Å²) in [5.41, 5.74) is 1.53. The highest BCUT2D eigenvalue weighted by Gasteiger charge is 2.64. The number of fused-ring (bicyclic) bond motifs is 2. The van der Waals surface area contributed by atoms with E-state index < -0.39 is 11.4 Å². The quantitative estimate of drug-likeness (QED) is 0.401. The average molecular weight is 543 g/mol. The van der Waals surface area contributed by atoms with Crippen LogP contribution in [0.1, 0.15) is 60.3 Å². The summed E-state index contributed by atoms with van der Waals surface area (Å²) in [6.07, 6.45) is 5.20. The molecule has 1 saturated heterocycles. The van der Waals surface area contributed by atoms with E-state index in [0.29, 0.717) is 16.4 Å². The van der Waals surface area contributed by atoms with Crippen LogP contribution in [0.15, 0.2) is 24.4 Å². The number of nitrogens with zero attached hydrogens (tertiary/aromatic N) is 3. The maximum Gasteiger partial charge on any atom is 0.229 e. The van der Waals surface area contributed by atoms with Gasteiger partial charge in [0, 0.05) is 25.8 Å². The number of piperidine rings is 1. The molecule has 3 aliphatic carbocycles. The fourth-order valence-corrected chi connectivity index (χ4v) is 7.33. The van der Waals surface area contributed by atoms with Crippen LogP contribution in [0.5, 0.6) is 0 Å². The predicted molar refractivity (Wildman–Crippen MR) is 152 cm³/mol. The molecule has 1 aromatic heterocycles. The molecule has 9 heteroatoms. The third-order valence-electron chi connectivity index (χ3n) is 9.79. The number of benzene rings is 1. The number of amides is 1. The fraction of sp³-hybridized carbons (Fsp3) is 0.621. The summed E-state index contributed by atoms with van der Waals surface area (Å²) in [5.74, 6) is 0.215. The highest BCUT2D eigenvalue weighted by Crippen LogP contribution is 2.65. The second-order valence-corrected chi connectivity index (χ2v) is 13.4. The van der Waals surface area contributed by atoms with Gasteiger partial charge in [-0.05, 0) is 73.5 Å². The second kappa shape index (κ2) is 9.54. The number of aromatic nitrogens is 2. The van der Waals surface area contributed by atoms with Crippen molar-refractivity contribution < 1.29 is 9.18 Å². The Kier molecular flexibility index (Phi) is 6.77. The lowest BCUT2D eigenvalue weighted by atomic mass is 9.40. The van der Waals surface area contributed by atoms with E-state index in [0.717, 1.165) is 50.1 Å². The maximum atomic E-state index is 15.0. The lowest BCUT2D eigenvalue weighted by Crippen LogP contribution is -2.69. The zero-order chi connectivity index (χ0) is 27.5. The Morgan fingerprint density at radius 1 is 1.13 bits per heavy atom. The molecule has 2 aromatic rings. The molecule has 1 aromatic carbocycles. The second-order valence-electron chi connectivity index (χ2n) is 12.9. The Balaban J connectivity index is 1.35. The van der Waals surface area contributed by atoms with Gasteiger partial charge in [0.1, 0.15) is 0 Å². The molecule has 38 heavy (non-hydrogen) atoms. The standard InChI is InChI=1S/C29H40ClFN6O/c1-27(2)9-11-37(12-10-27)22-8-7-18(15-20(22)30)34-26-33-16-21(31)24(35-26)36-29(5)19(25(38)32-6)13-17-14-23(29)28(17,3)4/h7-8,15-17,19,23H,9-14H2,1-6H3,(H,32,38)(H2,33,34,35,36)/t17-,19-,23-,29+/m1/s1. The van der Waals surface area contributed by atoms with E-state index in [1.54, 1.807) is 7.05 Å². The molecule has 4 atom stereocenters. The van der Waals surface area contributed by atoms with Crippen molar-refractivity contribution in [1.29, 1.82) is 0 Å². The van der Waals surface area contributed by atoms with E-state index in [2.05, 4.69) is 58.5 Å². The third kappa shape index (κ3) is 4.69. The van der Waals surface area contributed by atoms with E-state index in [1.807, 2.05) is 25.1 Å². The number of anilines is 4. The van der Waals surface area contributed by atoms with Gasteiger partial charge in [-0.25, -0.2) is 9.37 Å². The van der Waals surface area contributed by atoms with E-state index in [-0.39, 0.29) is 34.9 Å². The molecular formula is C29H40ClFN6O. The minimum atomic E-state index is -0.640. The Morgan fingerprint density at radius 2 is 1.84 bits per heavy atom. The number of nitrogens with one attached hydrogen (secondary N) is 3. The van der Waals surface area contributed by atoms with Gasteiger partial charge >= 0.3 is 0 Å². The summed E-state index contributed by atoms with van der Waals surface area (Å²) in [7, 11) is 1.66. The van der Waals surface area contributed by atoms with E-state index in [4.69, 9.17) is 11.6 Å². The van der Waals surface area contributed by atoms with Crippen LogP contribution in [-0.4, -0.2) is 41.6 Å². The number of rotatable bonds is 6. The topological polar surface area (TPSA) is 82.2 Å². The Bertz CT molecular complexity index is 1230. The summed E-state index contributed by atoms with van der Waals surface area (Å²) in [4.78, 5) is 23.8. The molecule has 3 N–H and O–H groups in total. The van der Waals surface area contributed by atoms with E-state index in [1.165, 1.54) is 6.20 Å². The molecule has 0 spiro atoms. The van der Waals surface area contributed by atoms with E-state index in [9.17, 15) is 4.79 Å². The number of halogens is 2. The molecule has 2 bridgehead atoms. The molecule has 4 fully saturated rings. The van der Waals surface area contributed by atoms with Crippen LogP contribution in [0, 0.1) is 34.4 Å². The summed E-state index contributed by atoms with van der Waals surface area (Å²) in [6, 6.07) is 5.82. The number of hydrogen-bond acceptors (Lipinski definition) is 6.